The van der Waals surface area contributed by atoms with E-state index in [1.54, 1.807) is 49.6 Å². The van der Waals surface area contributed by atoms with E-state index in [4.69, 9.17) is 24.4 Å². The largest absolute Gasteiger partial charge is 0.493 e. The molecular formula is C20H20O6. The molecule has 0 spiro atoms. The maximum atomic E-state index is 10.6. The molecule has 0 fully saturated rings. The summed E-state index contributed by atoms with van der Waals surface area (Å²) in [6.07, 6.45) is 5.92. The molecule has 0 saturated carbocycles. The highest BCUT2D eigenvalue weighted by Gasteiger charge is 2.11. The molecule has 0 radical (unpaired) electrons. The lowest BCUT2D eigenvalue weighted by atomic mass is 10.1. The van der Waals surface area contributed by atoms with Crippen LogP contribution in [0.3, 0.4) is 0 Å². The van der Waals surface area contributed by atoms with Gasteiger partial charge >= 0.3 is 5.97 Å². The fraction of sp³-hybridized carbons (Fsp3) is 0.150. The van der Waals surface area contributed by atoms with Gasteiger partial charge in [0.2, 0.25) is 0 Å². The summed E-state index contributed by atoms with van der Waals surface area (Å²) in [6, 6.07) is 10.5. The van der Waals surface area contributed by atoms with Gasteiger partial charge in [-0.25, -0.2) is 4.79 Å². The average Bonchev–Trinajstić information content (AvgIpc) is 2.66. The molecule has 0 saturated heterocycles. The number of aliphatic hydroxyl groups is 1. The van der Waals surface area contributed by atoms with Gasteiger partial charge in [0.05, 0.1) is 20.8 Å². The van der Waals surface area contributed by atoms with Crippen molar-refractivity contribution < 1.29 is 29.2 Å². The Balaban J connectivity index is 2.29. The summed E-state index contributed by atoms with van der Waals surface area (Å²) < 4.78 is 16.6. The Kier molecular flexibility index (Phi) is 6.82. The Morgan fingerprint density at radius 2 is 1.46 bits per heavy atom. The normalized spacial score (nSPS) is 11.0. The fourth-order valence-electron chi connectivity index (χ4n) is 2.22. The number of hydrogen-bond acceptors (Lipinski definition) is 5. The predicted octanol–water partition coefficient (Wildman–Crippen LogP) is 3.60. The zero-order valence-electron chi connectivity index (χ0n) is 14.5. The highest BCUT2D eigenvalue weighted by molar-refractivity contribution is 5.85. The number of methoxy groups -OCH3 is 2. The third-order valence-electron chi connectivity index (χ3n) is 3.43. The van der Waals surface area contributed by atoms with Crippen molar-refractivity contribution in [3.05, 3.63) is 59.7 Å². The highest BCUT2D eigenvalue weighted by Crippen LogP contribution is 2.37. The SMILES string of the molecule is COc1cc(C=CCO)ccc1Oc1ccc(C=CC(=O)O)cc1OC. The van der Waals surface area contributed by atoms with Gasteiger partial charge in [0.25, 0.3) is 0 Å². The Labute approximate surface area is 151 Å². The number of rotatable bonds is 8. The number of carboxylic acids is 1. The predicted molar refractivity (Wildman–Crippen MR) is 98.9 cm³/mol. The van der Waals surface area contributed by atoms with Crippen LogP contribution in [0.4, 0.5) is 0 Å². The molecule has 2 N–H and O–H groups in total. The number of aliphatic hydroxyl groups excluding tert-OH is 1. The van der Waals surface area contributed by atoms with E-state index in [2.05, 4.69) is 0 Å². The Morgan fingerprint density at radius 3 is 1.92 bits per heavy atom. The number of benzene rings is 2. The molecule has 0 bridgehead atoms. The number of ether oxygens (including phenoxy) is 3. The monoisotopic (exact) mass is 356 g/mol. The second kappa shape index (κ2) is 9.29. The molecule has 136 valence electrons. The molecule has 2 rings (SSSR count). The van der Waals surface area contributed by atoms with Crippen molar-refractivity contribution >= 4 is 18.1 Å². The van der Waals surface area contributed by atoms with E-state index in [-0.39, 0.29) is 6.61 Å². The second-order valence-corrected chi connectivity index (χ2v) is 5.18. The zero-order valence-corrected chi connectivity index (χ0v) is 14.5. The average molecular weight is 356 g/mol. The van der Waals surface area contributed by atoms with Crippen molar-refractivity contribution in [1.82, 2.24) is 0 Å². The molecule has 0 aliphatic rings. The van der Waals surface area contributed by atoms with Gasteiger partial charge in [0.15, 0.2) is 23.0 Å². The van der Waals surface area contributed by atoms with Gasteiger partial charge in [-0.15, -0.1) is 0 Å². The van der Waals surface area contributed by atoms with Crippen LogP contribution in [0.2, 0.25) is 0 Å². The molecule has 0 aliphatic carbocycles. The Morgan fingerprint density at radius 1 is 0.923 bits per heavy atom. The molecule has 0 atom stereocenters. The van der Waals surface area contributed by atoms with E-state index >= 15 is 0 Å². The molecule has 2 aromatic carbocycles. The molecule has 6 heteroatoms. The topological polar surface area (TPSA) is 85.2 Å². The van der Waals surface area contributed by atoms with Crippen molar-refractivity contribution in [1.29, 1.82) is 0 Å². The third kappa shape index (κ3) is 5.12. The van der Waals surface area contributed by atoms with Crippen LogP contribution in [0, 0.1) is 0 Å². The van der Waals surface area contributed by atoms with Crippen LogP contribution in [-0.4, -0.2) is 37.0 Å². The number of carbonyl (C=O) groups is 1. The minimum Gasteiger partial charge on any atom is -0.493 e. The van der Waals surface area contributed by atoms with Crippen molar-refractivity contribution in [2.75, 3.05) is 20.8 Å². The van der Waals surface area contributed by atoms with Crippen molar-refractivity contribution in [3.8, 4) is 23.0 Å². The summed E-state index contributed by atoms with van der Waals surface area (Å²) >= 11 is 0. The lowest BCUT2D eigenvalue weighted by Crippen LogP contribution is -1.94. The maximum absolute atomic E-state index is 10.6. The molecule has 26 heavy (non-hydrogen) atoms. The van der Waals surface area contributed by atoms with Crippen molar-refractivity contribution in [3.63, 3.8) is 0 Å². The molecule has 2 aromatic rings. The minimum atomic E-state index is -1.02. The molecule has 0 aliphatic heterocycles. The maximum Gasteiger partial charge on any atom is 0.328 e. The number of hydrogen-bond donors (Lipinski definition) is 2. The molecular weight excluding hydrogens is 336 g/mol. The Hall–Kier alpha value is -3.25. The standard InChI is InChI=1S/C20H20O6/c1-24-18-12-14(4-3-11-21)5-8-16(18)26-17-9-6-15(7-10-20(22)23)13-19(17)25-2/h3-10,12-13,21H,11H2,1-2H3,(H,22,23). The van der Waals surface area contributed by atoms with Gasteiger partial charge in [-0.1, -0.05) is 24.3 Å². The summed E-state index contributed by atoms with van der Waals surface area (Å²) in [5, 5.41) is 17.6. The van der Waals surface area contributed by atoms with Crippen LogP contribution in [0.1, 0.15) is 11.1 Å². The van der Waals surface area contributed by atoms with Gasteiger partial charge in [0, 0.05) is 6.08 Å². The van der Waals surface area contributed by atoms with Crippen molar-refractivity contribution in [2.45, 2.75) is 0 Å². The first kappa shape index (κ1) is 19.1. The zero-order chi connectivity index (χ0) is 18.9. The van der Waals surface area contributed by atoms with Crippen LogP contribution in [0.15, 0.2) is 48.6 Å². The van der Waals surface area contributed by atoms with Crippen LogP contribution < -0.4 is 14.2 Å². The minimum absolute atomic E-state index is 0.0412. The number of aliphatic carboxylic acids is 1. The van der Waals surface area contributed by atoms with Gasteiger partial charge < -0.3 is 24.4 Å². The van der Waals surface area contributed by atoms with E-state index in [1.807, 2.05) is 6.07 Å². The van der Waals surface area contributed by atoms with Gasteiger partial charge in [-0.3, -0.25) is 0 Å². The number of carboxylic acid groups (broad SMARTS) is 1. The molecule has 6 nitrogen and oxygen atoms in total. The second-order valence-electron chi connectivity index (χ2n) is 5.18. The van der Waals surface area contributed by atoms with E-state index in [1.165, 1.54) is 13.2 Å². The summed E-state index contributed by atoms with van der Waals surface area (Å²) in [5.74, 6) is 0.938. The molecule has 0 heterocycles. The first-order chi connectivity index (χ1) is 12.6. The van der Waals surface area contributed by atoms with Gasteiger partial charge in [-0.2, -0.15) is 0 Å². The lowest BCUT2D eigenvalue weighted by molar-refractivity contribution is -0.131. The molecule has 0 aromatic heterocycles. The van der Waals surface area contributed by atoms with E-state index < -0.39 is 5.97 Å². The summed E-state index contributed by atoms with van der Waals surface area (Å²) in [5.41, 5.74) is 1.54. The fourth-order valence-corrected chi connectivity index (χ4v) is 2.22. The lowest BCUT2D eigenvalue weighted by Gasteiger charge is -2.14. The third-order valence-corrected chi connectivity index (χ3v) is 3.43. The van der Waals surface area contributed by atoms with Crippen LogP contribution in [0.5, 0.6) is 23.0 Å². The van der Waals surface area contributed by atoms with Crippen molar-refractivity contribution in [2.24, 2.45) is 0 Å². The highest BCUT2D eigenvalue weighted by atomic mass is 16.5. The summed E-state index contributed by atoms with van der Waals surface area (Å²) in [6.45, 7) is -0.0412. The van der Waals surface area contributed by atoms with Gasteiger partial charge in [0.1, 0.15) is 0 Å². The van der Waals surface area contributed by atoms with E-state index in [0.29, 0.717) is 28.6 Å². The molecule has 0 amide bonds. The first-order valence-corrected chi connectivity index (χ1v) is 7.79. The summed E-state index contributed by atoms with van der Waals surface area (Å²) in [4.78, 5) is 10.6. The van der Waals surface area contributed by atoms with E-state index in [9.17, 15) is 4.79 Å². The summed E-state index contributed by atoms with van der Waals surface area (Å²) in [7, 11) is 3.05. The van der Waals surface area contributed by atoms with Crippen LogP contribution in [0.25, 0.3) is 12.2 Å². The quantitative estimate of drug-likeness (QED) is 0.703. The Bertz CT molecular complexity index is 823. The van der Waals surface area contributed by atoms with Gasteiger partial charge in [-0.05, 0) is 41.5 Å². The first-order valence-electron chi connectivity index (χ1n) is 7.79. The van der Waals surface area contributed by atoms with E-state index in [0.717, 1.165) is 11.6 Å². The smallest absolute Gasteiger partial charge is 0.328 e. The van der Waals surface area contributed by atoms with Crippen LogP contribution >= 0.6 is 0 Å². The van der Waals surface area contributed by atoms with Crippen LogP contribution in [-0.2, 0) is 4.79 Å². The molecule has 0 unspecified atom stereocenters.